The first kappa shape index (κ1) is 24.2. The lowest BCUT2D eigenvalue weighted by Crippen LogP contribution is -2.68. The quantitative estimate of drug-likeness (QED) is 0.350. The second kappa shape index (κ2) is 9.95. The predicted octanol–water partition coefficient (Wildman–Crippen LogP) is 4.17. The molecule has 3 aliphatic heterocycles. The number of nitriles is 1. The van der Waals surface area contributed by atoms with Crippen LogP contribution in [0.15, 0.2) is 55.0 Å². The summed E-state index contributed by atoms with van der Waals surface area (Å²) in [6, 6.07) is 15.3. The minimum atomic E-state index is 0.407. The van der Waals surface area contributed by atoms with E-state index in [4.69, 9.17) is 14.5 Å². The Hall–Kier alpha value is -4.16. The number of anilines is 1. The average molecular weight is 510 g/mol. The van der Waals surface area contributed by atoms with Gasteiger partial charge in [0.1, 0.15) is 29.0 Å². The molecule has 3 aliphatic rings. The number of ether oxygens (including phenoxy) is 2. The lowest BCUT2D eigenvalue weighted by Gasteiger charge is -2.56. The van der Waals surface area contributed by atoms with Crippen LogP contribution in [0.4, 0.5) is 5.82 Å². The topological polar surface area (TPSA) is 91.8 Å². The maximum atomic E-state index is 9.65. The molecule has 9 nitrogen and oxygen atoms in total. The first-order valence-corrected chi connectivity index (χ1v) is 13.0. The zero-order chi connectivity index (χ0) is 26.2. The molecule has 3 fully saturated rings. The van der Waals surface area contributed by atoms with E-state index in [1.54, 1.807) is 13.3 Å². The Morgan fingerprint density at radius 3 is 2.53 bits per heavy atom. The normalized spacial score (nSPS) is 18.9. The third-order valence-electron chi connectivity index (χ3n) is 7.36. The average Bonchev–Trinajstić information content (AvgIpc) is 3.38. The van der Waals surface area contributed by atoms with E-state index in [2.05, 4.69) is 57.9 Å². The summed E-state index contributed by atoms with van der Waals surface area (Å²) in [7, 11) is 1.64. The van der Waals surface area contributed by atoms with E-state index in [0.717, 1.165) is 42.5 Å². The molecule has 0 saturated carbocycles. The smallest absolute Gasteiger partial charge is 0.212 e. The number of rotatable bonds is 8. The van der Waals surface area contributed by atoms with Gasteiger partial charge in [0.05, 0.1) is 25.6 Å². The van der Waals surface area contributed by atoms with Crippen molar-refractivity contribution in [2.75, 3.05) is 31.7 Å². The van der Waals surface area contributed by atoms with Crippen LogP contribution in [0.1, 0.15) is 31.5 Å². The van der Waals surface area contributed by atoms with E-state index in [1.165, 1.54) is 12.0 Å². The number of methoxy groups -OCH3 is 1. The molecule has 9 heteroatoms. The van der Waals surface area contributed by atoms with Crippen molar-refractivity contribution < 1.29 is 9.47 Å². The van der Waals surface area contributed by atoms with Gasteiger partial charge in [0.2, 0.25) is 5.88 Å². The SMILES string of the molecule is COc1ccc(CN2C3CC2CN(c2ccc(-c4cc(OCC(C)C)cc5ncc(C#N)n45)cn2)C3)cn1. The molecule has 7 rings (SSSR count). The molecule has 0 radical (unpaired) electrons. The second-order valence-corrected chi connectivity index (χ2v) is 10.5. The van der Waals surface area contributed by atoms with Gasteiger partial charge < -0.3 is 14.4 Å². The molecule has 0 aliphatic carbocycles. The van der Waals surface area contributed by atoms with Crippen molar-refractivity contribution in [3.8, 4) is 29.0 Å². The fourth-order valence-electron chi connectivity index (χ4n) is 5.42. The van der Waals surface area contributed by atoms with E-state index in [-0.39, 0.29) is 0 Å². The number of aromatic nitrogens is 4. The largest absolute Gasteiger partial charge is 0.493 e. The molecule has 0 amide bonds. The minimum absolute atomic E-state index is 0.407. The summed E-state index contributed by atoms with van der Waals surface area (Å²) in [4.78, 5) is 18.6. The van der Waals surface area contributed by atoms with E-state index >= 15 is 0 Å². The molecule has 194 valence electrons. The predicted molar refractivity (Wildman–Crippen MR) is 144 cm³/mol. The fraction of sp³-hybridized carbons (Fsp3) is 0.379. The molecular formula is C29H31N7O2. The Morgan fingerprint density at radius 2 is 1.87 bits per heavy atom. The summed E-state index contributed by atoms with van der Waals surface area (Å²) in [6.07, 6.45) is 6.61. The standard InChI is InChI=1S/C29H31N7O2/c1-19(2)18-38-25-9-26(36-24(11-30)14-32-28(36)10-25)21-5-6-27(31-13-21)34-16-22-8-23(17-34)35(22)15-20-4-7-29(37-3)33-12-20/h4-7,9-10,12-14,19,22-23H,8,15-18H2,1-3H3. The molecule has 4 aromatic heterocycles. The molecule has 0 N–H and O–H groups in total. The number of piperidine rings is 1. The molecule has 3 saturated heterocycles. The summed E-state index contributed by atoms with van der Waals surface area (Å²) < 4.78 is 13.0. The Balaban J connectivity index is 1.19. The van der Waals surface area contributed by atoms with Crippen LogP contribution >= 0.6 is 0 Å². The number of hydrogen-bond donors (Lipinski definition) is 0. The zero-order valence-corrected chi connectivity index (χ0v) is 21.9. The first-order chi connectivity index (χ1) is 18.5. The molecule has 4 aromatic rings. The van der Waals surface area contributed by atoms with Crippen molar-refractivity contribution in [1.29, 1.82) is 5.26 Å². The molecule has 0 spiro atoms. The summed E-state index contributed by atoms with van der Waals surface area (Å²) >= 11 is 0. The fourth-order valence-corrected chi connectivity index (χ4v) is 5.42. The van der Waals surface area contributed by atoms with E-state index in [1.807, 2.05) is 35.0 Å². The first-order valence-electron chi connectivity index (χ1n) is 13.0. The Labute approximate surface area is 222 Å². The number of piperazine rings is 1. The van der Waals surface area contributed by atoms with Gasteiger partial charge in [0, 0.05) is 67.9 Å². The monoisotopic (exact) mass is 509 g/mol. The molecule has 0 aromatic carbocycles. The van der Waals surface area contributed by atoms with Crippen molar-refractivity contribution in [1.82, 2.24) is 24.3 Å². The summed E-state index contributed by atoms with van der Waals surface area (Å²) in [5.74, 6) is 2.77. The van der Waals surface area contributed by atoms with Crippen molar-refractivity contribution >= 4 is 11.5 Å². The second-order valence-electron chi connectivity index (χ2n) is 10.5. The van der Waals surface area contributed by atoms with Crippen LogP contribution in [-0.2, 0) is 6.54 Å². The van der Waals surface area contributed by atoms with E-state index < -0.39 is 0 Å². The third-order valence-corrected chi connectivity index (χ3v) is 7.36. The summed E-state index contributed by atoms with van der Waals surface area (Å²) in [5, 5.41) is 9.65. The van der Waals surface area contributed by atoms with Gasteiger partial charge in [-0.3, -0.25) is 9.30 Å². The van der Waals surface area contributed by atoms with Crippen molar-refractivity contribution in [2.45, 2.75) is 38.9 Å². The van der Waals surface area contributed by atoms with E-state index in [0.29, 0.717) is 41.8 Å². The maximum absolute atomic E-state index is 9.65. The Morgan fingerprint density at radius 1 is 1.03 bits per heavy atom. The third kappa shape index (κ3) is 4.52. The van der Waals surface area contributed by atoms with Crippen LogP contribution < -0.4 is 14.4 Å². The number of imidazole rings is 1. The molecule has 2 unspecified atom stereocenters. The lowest BCUT2D eigenvalue weighted by molar-refractivity contribution is -0.00876. The Bertz CT molecular complexity index is 1460. The highest BCUT2D eigenvalue weighted by Gasteiger charge is 2.44. The van der Waals surface area contributed by atoms with Crippen molar-refractivity contribution in [3.63, 3.8) is 0 Å². The molecule has 2 bridgehead atoms. The van der Waals surface area contributed by atoms with Crippen LogP contribution in [0.25, 0.3) is 16.9 Å². The molecule has 38 heavy (non-hydrogen) atoms. The van der Waals surface area contributed by atoms with E-state index in [9.17, 15) is 5.26 Å². The van der Waals surface area contributed by atoms with Crippen molar-refractivity contribution in [3.05, 3.63) is 66.2 Å². The van der Waals surface area contributed by atoms with Gasteiger partial charge in [0.25, 0.3) is 0 Å². The highest BCUT2D eigenvalue weighted by Crippen LogP contribution is 2.36. The van der Waals surface area contributed by atoms with Crippen molar-refractivity contribution in [2.24, 2.45) is 5.92 Å². The van der Waals surface area contributed by atoms with Crippen LogP contribution in [0, 0.1) is 17.2 Å². The van der Waals surface area contributed by atoms with Gasteiger partial charge in [-0.15, -0.1) is 0 Å². The number of fused-ring (bicyclic) bond motifs is 3. The van der Waals surface area contributed by atoms with Crippen LogP contribution in [-0.4, -0.2) is 63.1 Å². The van der Waals surface area contributed by atoms with Crippen LogP contribution in [0.5, 0.6) is 11.6 Å². The summed E-state index contributed by atoms with van der Waals surface area (Å²) in [5.41, 5.74) is 4.13. The summed E-state index contributed by atoms with van der Waals surface area (Å²) in [6.45, 7) is 7.66. The molecular weight excluding hydrogens is 478 g/mol. The maximum Gasteiger partial charge on any atom is 0.212 e. The number of hydrogen-bond acceptors (Lipinski definition) is 8. The molecule has 2 atom stereocenters. The van der Waals surface area contributed by atoms with Crippen LogP contribution in [0.3, 0.4) is 0 Å². The van der Waals surface area contributed by atoms with Gasteiger partial charge in [-0.05, 0) is 30.0 Å². The number of pyridine rings is 3. The zero-order valence-electron chi connectivity index (χ0n) is 21.9. The van der Waals surface area contributed by atoms with Gasteiger partial charge in [-0.25, -0.2) is 15.0 Å². The van der Waals surface area contributed by atoms with Gasteiger partial charge in [-0.2, -0.15) is 5.26 Å². The van der Waals surface area contributed by atoms with Gasteiger partial charge >= 0.3 is 0 Å². The van der Waals surface area contributed by atoms with Gasteiger partial charge in [-0.1, -0.05) is 19.9 Å². The minimum Gasteiger partial charge on any atom is -0.493 e. The molecule has 7 heterocycles. The van der Waals surface area contributed by atoms with Gasteiger partial charge in [0.15, 0.2) is 0 Å². The highest BCUT2D eigenvalue weighted by molar-refractivity contribution is 5.68. The van der Waals surface area contributed by atoms with Crippen LogP contribution in [0.2, 0.25) is 0 Å². The highest BCUT2D eigenvalue weighted by atomic mass is 16.5. The Kier molecular flexibility index (Phi) is 6.34. The lowest BCUT2D eigenvalue weighted by atomic mass is 9.87. The number of nitrogens with zero attached hydrogens (tertiary/aromatic N) is 7.